The van der Waals surface area contributed by atoms with Crippen LogP contribution >= 0.6 is 11.6 Å². The van der Waals surface area contributed by atoms with Crippen molar-refractivity contribution < 1.29 is 18.0 Å². The summed E-state index contributed by atoms with van der Waals surface area (Å²) in [6.45, 7) is 2.25. The second-order valence-electron chi connectivity index (χ2n) is 6.68. The highest BCUT2D eigenvalue weighted by molar-refractivity contribution is 6.30. The van der Waals surface area contributed by atoms with Crippen LogP contribution in [0.4, 0.5) is 13.2 Å². The zero-order valence-electron chi connectivity index (χ0n) is 15.2. The van der Waals surface area contributed by atoms with Gasteiger partial charge in [-0.1, -0.05) is 17.7 Å². The summed E-state index contributed by atoms with van der Waals surface area (Å²) >= 11 is 6.07. The zero-order chi connectivity index (χ0) is 20.3. The van der Waals surface area contributed by atoms with Gasteiger partial charge in [0, 0.05) is 24.2 Å². The number of tetrazole rings is 1. The molecular formula is C18H19ClF3N5O. The van der Waals surface area contributed by atoms with E-state index in [-0.39, 0.29) is 31.8 Å². The fraction of sp³-hybridized carbons (Fsp3) is 0.444. The summed E-state index contributed by atoms with van der Waals surface area (Å²) in [5.74, 6) is -1.10. The first kappa shape index (κ1) is 20.3. The van der Waals surface area contributed by atoms with Crippen LogP contribution in [0, 0.1) is 12.8 Å². The third-order valence-corrected chi connectivity index (χ3v) is 4.88. The molecule has 0 aliphatic carbocycles. The molecule has 1 amide bonds. The number of hydrogen-bond donors (Lipinski definition) is 0. The van der Waals surface area contributed by atoms with Crippen molar-refractivity contribution in [2.75, 3.05) is 13.1 Å². The van der Waals surface area contributed by atoms with Crippen LogP contribution < -0.4 is 0 Å². The number of amides is 1. The Morgan fingerprint density at radius 3 is 2.64 bits per heavy atom. The molecular weight excluding hydrogens is 395 g/mol. The Balaban J connectivity index is 1.68. The van der Waals surface area contributed by atoms with Gasteiger partial charge in [-0.25, -0.2) is 0 Å². The summed E-state index contributed by atoms with van der Waals surface area (Å²) in [5.41, 5.74) is 1.54. The summed E-state index contributed by atoms with van der Waals surface area (Å²) in [4.78, 5) is 15.2. The third kappa shape index (κ3) is 5.09. The molecule has 1 saturated heterocycles. The fourth-order valence-corrected chi connectivity index (χ4v) is 3.30. The number of carbonyl (C=O) groups excluding carboxylic acids is 1. The number of likely N-dealkylation sites (tertiary alicyclic amines) is 1. The molecule has 150 valence electrons. The van der Waals surface area contributed by atoms with E-state index >= 15 is 0 Å². The number of rotatable bonds is 4. The highest BCUT2D eigenvalue weighted by Gasteiger charge is 2.41. The van der Waals surface area contributed by atoms with Crippen LogP contribution in [0.2, 0.25) is 5.02 Å². The fourth-order valence-electron chi connectivity index (χ4n) is 3.11. The molecule has 0 radical (unpaired) electrons. The Hall–Kier alpha value is -2.42. The maximum absolute atomic E-state index is 12.8. The maximum atomic E-state index is 12.8. The summed E-state index contributed by atoms with van der Waals surface area (Å²) in [6, 6.07) is 5.21. The molecule has 3 rings (SSSR count). The van der Waals surface area contributed by atoms with Crippen LogP contribution in [0.5, 0.6) is 0 Å². The van der Waals surface area contributed by atoms with Crippen molar-refractivity contribution in [3.05, 3.63) is 46.2 Å². The van der Waals surface area contributed by atoms with Crippen molar-refractivity contribution >= 4 is 23.6 Å². The predicted octanol–water partition coefficient (Wildman–Crippen LogP) is 3.50. The Morgan fingerprint density at radius 2 is 2.04 bits per heavy atom. The number of aryl methyl sites for hydroxylation is 1. The van der Waals surface area contributed by atoms with Gasteiger partial charge in [0.05, 0.1) is 12.5 Å². The average Bonchev–Trinajstić information content (AvgIpc) is 3.05. The summed E-state index contributed by atoms with van der Waals surface area (Å²) < 4.78 is 38.3. The lowest BCUT2D eigenvalue weighted by atomic mass is 9.96. The van der Waals surface area contributed by atoms with Crippen LogP contribution in [0.25, 0.3) is 6.08 Å². The second-order valence-corrected chi connectivity index (χ2v) is 7.12. The molecule has 1 aromatic heterocycles. The highest BCUT2D eigenvalue weighted by atomic mass is 35.5. The molecule has 0 bridgehead atoms. The molecule has 1 aliphatic heterocycles. The largest absolute Gasteiger partial charge is 0.391 e. The van der Waals surface area contributed by atoms with Gasteiger partial charge in [0.25, 0.3) is 0 Å². The van der Waals surface area contributed by atoms with Crippen molar-refractivity contribution in [2.24, 2.45) is 5.92 Å². The lowest BCUT2D eigenvalue weighted by molar-refractivity contribution is -0.186. The number of aromatic nitrogens is 4. The first-order valence-corrected chi connectivity index (χ1v) is 9.16. The van der Waals surface area contributed by atoms with Gasteiger partial charge in [0.2, 0.25) is 5.91 Å². The second kappa shape index (κ2) is 8.30. The van der Waals surface area contributed by atoms with E-state index in [1.165, 1.54) is 15.8 Å². The number of carbonyl (C=O) groups is 1. The van der Waals surface area contributed by atoms with Gasteiger partial charge in [-0.05, 0) is 54.3 Å². The Morgan fingerprint density at radius 1 is 1.32 bits per heavy atom. The van der Waals surface area contributed by atoms with Crippen LogP contribution in [0.3, 0.4) is 0 Å². The molecule has 0 saturated carbocycles. The summed E-state index contributed by atoms with van der Waals surface area (Å²) in [6.07, 6.45) is -1.32. The van der Waals surface area contributed by atoms with E-state index in [0.717, 1.165) is 11.1 Å². The maximum Gasteiger partial charge on any atom is 0.391 e. The molecule has 10 heteroatoms. The minimum Gasteiger partial charge on any atom is -0.339 e. The number of hydrogen-bond acceptors (Lipinski definition) is 4. The van der Waals surface area contributed by atoms with E-state index in [4.69, 9.17) is 11.6 Å². The summed E-state index contributed by atoms with van der Waals surface area (Å²) in [7, 11) is 0. The van der Waals surface area contributed by atoms with Crippen LogP contribution in [0.15, 0.2) is 24.3 Å². The van der Waals surface area contributed by atoms with E-state index in [0.29, 0.717) is 17.4 Å². The minimum absolute atomic E-state index is 0.0629. The smallest absolute Gasteiger partial charge is 0.339 e. The van der Waals surface area contributed by atoms with Crippen LogP contribution in [-0.4, -0.2) is 50.3 Å². The van der Waals surface area contributed by atoms with Gasteiger partial charge >= 0.3 is 6.18 Å². The zero-order valence-corrected chi connectivity index (χ0v) is 15.9. The summed E-state index contributed by atoms with van der Waals surface area (Å²) in [5, 5.41) is 12.4. The van der Waals surface area contributed by atoms with Gasteiger partial charge in [-0.15, -0.1) is 10.2 Å². The number of piperidine rings is 1. The molecule has 0 atom stereocenters. The van der Waals surface area contributed by atoms with E-state index < -0.39 is 12.1 Å². The average molecular weight is 414 g/mol. The molecule has 28 heavy (non-hydrogen) atoms. The lowest BCUT2D eigenvalue weighted by Gasteiger charge is -2.32. The van der Waals surface area contributed by atoms with Crippen molar-refractivity contribution in [3.8, 4) is 0 Å². The molecule has 1 aliphatic rings. The van der Waals surface area contributed by atoms with Gasteiger partial charge < -0.3 is 4.90 Å². The SMILES string of the molecule is Cc1nnn(Cc2cc(Cl)ccc2/C=C/C(=O)N2CCC(C(F)(F)F)CC2)n1. The number of halogens is 4. The molecule has 1 fully saturated rings. The first-order chi connectivity index (χ1) is 13.2. The molecule has 6 nitrogen and oxygen atoms in total. The van der Waals surface area contributed by atoms with Gasteiger partial charge in [-0.2, -0.15) is 18.0 Å². The van der Waals surface area contributed by atoms with E-state index in [1.807, 2.05) is 0 Å². The highest BCUT2D eigenvalue weighted by Crippen LogP contribution is 2.34. The normalized spacial score (nSPS) is 16.1. The van der Waals surface area contributed by atoms with Gasteiger partial charge in [0.15, 0.2) is 5.82 Å². The Labute approximate surface area is 165 Å². The number of benzene rings is 1. The Kier molecular flexibility index (Phi) is 6.02. The minimum atomic E-state index is -4.20. The van der Waals surface area contributed by atoms with Crippen molar-refractivity contribution in [3.63, 3.8) is 0 Å². The van der Waals surface area contributed by atoms with E-state index in [9.17, 15) is 18.0 Å². The van der Waals surface area contributed by atoms with Crippen molar-refractivity contribution in [2.45, 2.75) is 32.5 Å². The number of nitrogens with zero attached hydrogens (tertiary/aromatic N) is 5. The predicted molar refractivity (Wildman–Crippen MR) is 97.5 cm³/mol. The number of alkyl halides is 3. The molecule has 2 aromatic rings. The van der Waals surface area contributed by atoms with Gasteiger partial charge in [-0.3, -0.25) is 4.79 Å². The third-order valence-electron chi connectivity index (χ3n) is 4.64. The topological polar surface area (TPSA) is 63.9 Å². The van der Waals surface area contributed by atoms with Crippen molar-refractivity contribution in [1.82, 2.24) is 25.1 Å². The van der Waals surface area contributed by atoms with E-state index in [2.05, 4.69) is 15.4 Å². The standard InChI is InChI=1S/C18H19ClF3N5O/c1-12-23-25-27(24-12)11-14-10-16(19)4-2-13(14)3-5-17(28)26-8-6-15(7-9-26)18(20,21)22/h2-5,10,15H,6-9,11H2,1H3/b5-3+. The van der Waals surface area contributed by atoms with E-state index in [1.54, 1.807) is 31.2 Å². The van der Waals surface area contributed by atoms with Gasteiger partial charge in [0.1, 0.15) is 0 Å². The molecule has 1 aromatic carbocycles. The monoisotopic (exact) mass is 413 g/mol. The molecule has 0 unspecified atom stereocenters. The quantitative estimate of drug-likeness (QED) is 0.720. The van der Waals surface area contributed by atoms with Crippen molar-refractivity contribution in [1.29, 1.82) is 0 Å². The molecule has 2 heterocycles. The lowest BCUT2D eigenvalue weighted by Crippen LogP contribution is -2.41. The first-order valence-electron chi connectivity index (χ1n) is 8.79. The molecule has 0 N–H and O–H groups in total. The Bertz CT molecular complexity index is 872. The van der Waals surface area contributed by atoms with Crippen LogP contribution in [-0.2, 0) is 11.3 Å². The van der Waals surface area contributed by atoms with Crippen LogP contribution in [0.1, 0.15) is 29.8 Å². The molecule has 0 spiro atoms.